The molecular weight excluding hydrogens is 432 g/mol. The molecule has 4 aromatic rings. The van der Waals surface area contributed by atoms with E-state index in [1.165, 1.54) is 0 Å². The molecule has 3 aromatic carbocycles. The maximum atomic E-state index is 12.9. The highest BCUT2D eigenvalue weighted by molar-refractivity contribution is 5.86. The van der Waals surface area contributed by atoms with Gasteiger partial charge in [-0.2, -0.15) is 0 Å². The van der Waals surface area contributed by atoms with E-state index < -0.39 is 11.5 Å². The second-order valence-corrected chi connectivity index (χ2v) is 9.45. The highest BCUT2D eigenvalue weighted by atomic mass is 16.5. The molecule has 0 spiro atoms. The molecule has 0 fully saturated rings. The summed E-state index contributed by atoms with van der Waals surface area (Å²) in [6.45, 7) is 6.80. The molecule has 180 valence electrons. The van der Waals surface area contributed by atoms with E-state index in [2.05, 4.69) is 58.9 Å². The fourth-order valence-electron chi connectivity index (χ4n) is 4.87. The Balaban J connectivity index is 2.06. The van der Waals surface area contributed by atoms with Crippen LogP contribution in [0.4, 0.5) is 0 Å². The Morgan fingerprint density at radius 1 is 1.03 bits per heavy atom. The average Bonchev–Trinajstić information content (AvgIpc) is 2.87. The molecule has 0 radical (unpaired) electrons. The molecule has 0 amide bonds. The lowest BCUT2D eigenvalue weighted by Crippen LogP contribution is -2.38. The fraction of sp³-hybridized carbons (Fsp3) is 0.258. The molecule has 0 saturated heterocycles. The molecule has 35 heavy (non-hydrogen) atoms. The van der Waals surface area contributed by atoms with Crippen LogP contribution in [0.5, 0.6) is 5.88 Å². The minimum absolute atomic E-state index is 0.420. The maximum Gasteiger partial charge on any atom is 0.217 e. The van der Waals surface area contributed by atoms with Gasteiger partial charge in [-0.3, -0.25) is 0 Å². The van der Waals surface area contributed by atoms with Gasteiger partial charge in [-0.05, 0) is 66.5 Å². The molecule has 1 N–H and O–H groups in total. The van der Waals surface area contributed by atoms with Crippen molar-refractivity contribution in [3.8, 4) is 5.88 Å². The van der Waals surface area contributed by atoms with Crippen LogP contribution in [0.25, 0.3) is 16.3 Å². The Bertz CT molecular complexity index is 1310. The number of pyridine rings is 1. The van der Waals surface area contributed by atoms with Gasteiger partial charge in [0.2, 0.25) is 5.88 Å². The van der Waals surface area contributed by atoms with Gasteiger partial charge in [-0.15, -0.1) is 0 Å². The first-order valence-electron chi connectivity index (χ1n) is 11.9. The molecule has 0 aliphatic rings. The first-order valence-corrected chi connectivity index (χ1v) is 11.9. The molecule has 4 rings (SSSR count). The second kappa shape index (κ2) is 10.4. The molecule has 0 aliphatic heterocycles. The second-order valence-electron chi connectivity index (χ2n) is 9.45. The van der Waals surface area contributed by atoms with Crippen LogP contribution in [-0.4, -0.2) is 42.7 Å². The summed E-state index contributed by atoms with van der Waals surface area (Å²) >= 11 is 0. The van der Waals surface area contributed by atoms with E-state index in [0.717, 1.165) is 38.6 Å². The van der Waals surface area contributed by atoms with E-state index in [4.69, 9.17) is 4.74 Å². The summed E-state index contributed by atoms with van der Waals surface area (Å²) in [5.74, 6) is 0.0866. The van der Waals surface area contributed by atoms with Crippen molar-refractivity contribution in [2.75, 3.05) is 27.7 Å². The molecule has 2 unspecified atom stereocenters. The molecular formula is C31H34N2O2. The number of ether oxygens (including phenoxy) is 1. The third kappa shape index (κ3) is 5.00. The number of aliphatic hydroxyl groups is 1. The molecule has 4 heteroatoms. The van der Waals surface area contributed by atoms with Gasteiger partial charge in [0, 0.05) is 24.2 Å². The van der Waals surface area contributed by atoms with Gasteiger partial charge < -0.3 is 14.7 Å². The normalized spacial score (nSPS) is 14.0. The zero-order valence-electron chi connectivity index (χ0n) is 21.0. The van der Waals surface area contributed by atoms with Crippen molar-refractivity contribution in [1.82, 2.24) is 9.88 Å². The summed E-state index contributed by atoms with van der Waals surface area (Å²) < 4.78 is 5.76. The van der Waals surface area contributed by atoms with Crippen LogP contribution in [0.3, 0.4) is 0 Å². The van der Waals surface area contributed by atoms with Gasteiger partial charge in [-0.25, -0.2) is 4.98 Å². The number of rotatable bonds is 9. The van der Waals surface area contributed by atoms with Crippen LogP contribution in [0.2, 0.25) is 0 Å². The Morgan fingerprint density at radius 2 is 1.71 bits per heavy atom. The van der Waals surface area contributed by atoms with E-state index in [-0.39, 0.29) is 0 Å². The van der Waals surface area contributed by atoms with Crippen molar-refractivity contribution in [2.24, 2.45) is 0 Å². The van der Waals surface area contributed by atoms with Gasteiger partial charge >= 0.3 is 0 Å². The summed E-state index contributed by atoms with van der Waals surface area (Å²) in [6, 6.07) is 26.6. The van der Waals surface area contributed by atoms with Gasteiger partial charge in [0.15, 0.2) is 0 Å². The fourth-order valence-corrected chi connectivity index (χ4v) is 4.87. The lowest BCUT2D eigenvalue weighted by Gasteiger charge is -2.39. The van der Waals surface area contributed by atoms with Crippen LogP contribution in [0.15, 0.2) is 91.6 Å². The summed E-state index contributed by atoms with van der Waals surface area (Å²) in [7, 11) is 5.70. The van der Waals surface area contributed by atoms with Crippen molar-refractivity contribution < 1.29 is 9.84 Å². The van der Waals surface area contributed by atoms with Crippen molar-refractivity contribution >= 4 is 16.3 Å². The summed E-state index contributed by atoms with van der Waals surface area (Å²) in [4.78, 5) is 6.73. The Morgan fingerprint density at radius 3 is 2.40 bits per heavy atom. The molecule has 0 saturated carbocycles. The summed E-state index contributed by atoms with van der Waals surface area (Å²) in [6.07, 6.45) is 2.30. The van der Waals surface area contributed by atoms with Crippen molar-refractivity contribution in [3.05, 3.63) is 114 Å². The van der Waals surface area contributed by atoms with Crippen LogP contribution in [-0.2, 0) is 5.60 Å². The van der Waals surface area contributed by atoms with Gasteiger partial charge in [0.05, 0.1) is 7.11 Å². The number of aromatic nitrogens is 1. The minimum Gasteiger partial charge on any atom is -0.481 e. The zero-order valence-corrected chi connectivity index (χ0v) is 21.0. The van der Waals surface area contributed by atoms with E-state index in [1.807, 2.05) is 57.4 Å². The highest BCUT2D eigenvalue weighted by Gasteiger charge is 2.43. The molecule has 0 aliphatic carbocycles. The number of hydrogen-bond acceptors (Lipinski definition) is 4. The van der Waals surface area contributed by atoms with Crippen molar-refractivity contribution in [3.63, 3.8) is 0 Å². The van der Waals surface area contributed by atoms with E-state index >= 15 is 0 Å². The molecule has 1 aromatic heterocycles. The maximum absolute atomic E-state index is 12.9. The third-order valence-corrected chi connectivity index (χ3v) is 6.68. The van der Waals surface area contributed by atoms with E-state index in [9.17, 15) is 5.11 Å². The number of hydrogen-bond donors (Lipinski definition) is 1. The monoisotopic (exact) mass is 466 g/mol. The van der Waals surface area contributed by atoms with E-state index in [1.54, 1.807) is 13.3 Å². The van der Waals surface area contributed by atoms with Gasteiger partial charge in [-0.1, -0.05) is 79.4 Å². The Kier molecular flexibility index (Phi) is 7.34. The predicted octanol–water partition coefficient (Wildman–Crippen LogP) is 6.25. The molecule has 1 heterocycles. The van der Waals surface area contributed by atoms with Crippen LogP contribution in [0, 0.1) is 0 Å². The number of allylic oxidation sites excluding steroid dienone is 1. The largest absolute Gasteiger partial charge is 0.481 e. The standard InChI is InChI=1S/C31H34N2O2/c1-22(2)25-20-27(30(35-5)32-21-25)29(24-13-7-6-8-14-24)31(34,18-19-33(3)4)28-17-11-15-23-12-9-10-16-26(23)28/h6-17,20-21,29,34H,1,18-19H2,2-5H3. The van der Waals surface area contributed by atoms with Crippen molar-refractivity contribution in [2.45, 2.75) is 24.9 Å². The quantitative estimate of drug-likeness (QED) is 0.317. The average molecular weight is 467 g/mol. The lowest BCUT2D eigenvalue weighted by molar-refractivity contribution is 0.00515. The summed E-state index contributed by atoms with van der Waals surface area (Å²) in [5.41, 5.74) is 3.34. The Hall–Kier alpha value is -3.47. The predicted molar refractivity (Wildman–Crippen MR) is 145 cm³/mol. The van der Waals surface area contributed by atoms with Crippen LogP contribution < -0.4 is 4.74 Å². The molecule has 0 bridgehead atoms. The summed E-state index contributed by atoms with van der Waals surface area (Å²) in [5, 5.41) is 15.1. The Labute approximate surface area is 208 Å². The minimum atomic E-state index is -1.24. The zero-order chi connectivity index (χ0) is 25.0. The van der Waals surface area contributed by atoms with E-state index in [0.29, 0.717) is 18.8 Å². The number of benzene rings is 3. The van der Waals surface area contributed by atoms with Crippen LogP contribution >= 0.6 is 0 Å². The van der Waals surface area contributed by atoms with Gasteiger partial charge in [0.1, 0.15) is 5.60 Å². The number of methoxy groups -OCH3 is 1. The topological polar surface area (TPSA) is 45.6 Å². The lowest BCUT2D eigenvalue weighted by atomic mass is 9.70. The van der Waals surface area contributed by atoms with Crippen LogP contribution in [0.1, 0.15) is 41.5 Å². The first-order chi connectivity index (χ1) is 16.8. The van der Waals surface area contributed by atoms with Gasteiger partial charge in [0.25, 0.3) is 0 Å². The molecule has 4 nitrogen and oxygen atoms in total. The third-order valence-electron chi connectivity index (χ3n) is 6.68. The molecule has 2 atom stereocenters. The first kappa shape index (κ1) is 24.6. The SMILES string of the molecule is C=C(C)c1cnc(OC)c(C(c2ccccc2)C(O)(CCN(C)C)c2cccc3ccccc23)c1. The number of nitrogens with zero attached hydrogens (tertiary/aromatic N) is 2. The highest BCUT2D eigenvalue weighted by Crippen LogP contribution is 2.48. The number of fused-ring (bicyclic) bond motifs is 1. The van der Waals surface area contributed by atoms with Crippen molar-refractivity contribution in [1.29, 1.82) is 0 Å². The smallest absolute Gasteiger partial charge is 0.217 e.